The maximum Gasteiger partial charge on any atom is 0.490 e. The molecule has 1 spiro atoms. The minimum Gasteiger partial charge on any atom is -0.475 e. The molecule has 184 valence electrons. The number of nitrogens with zero attached hydrogens (tertiary/aromatic N) is 2. The highest BCUT2D eigenvalue weighted by atomic mass is 32.1. The Labute approximate surface area is 197 Å². The van der Waals surface area contributed by atoms with Crippen molar-refractivity contribution in [2.45, 2.75) is 25.4 Å². The Morgan fingerprint density at radius 2 is 1.94 bits per heavy atom. The average Bonchev–Trinajstić information content (AvgIpc) is 3.43. The number of pyridine rings is 1. The number of likely N-dealkylation sites (tertiary alicyclic amines) is 1. The smallest absolute Gasteiger partial charge is 0.475 e. The van der Waals surface area contributed by atoms with Crippen molar-refractivity contribution >= 4 is 34.8 Å². The number of carbonyl (C=O) groups is 3. The SMILES string of the molecule is O=C(Nc1cccnc1)C1CN(C(=O)Cc2cccs2)CC12CCOCC2.O=C(O)C(F)(F)F. The second-order valence-corrected chi connectivity index (χ2v) is 9.12. The molecule has 2 N–H and O–H groups in total. The first-order valence-electron chi connectivity index (χ1n) is 10.5. The summed E-state index contributed by atoms with van der Waals surface area (Å²) >= 11 is 1.59. The van der Waals surface area contributed by atoms with Crippen LogP contribution >= 0.6 is 11.3 Å². The highest BCUT2D eigenvalue weighted by Crippen LogP contribution is 2.45. The van der Waals surface area contributed by atoms with Crippen LogP contribution < -0.4 is 5.32 Å². The number of hydrogen-bond donors (Lipinski definition) is 2. The van der Waals surface area contributed by atoms with Crippen LogP contribution in [0.25, 0.3) is 0 Å². The number of anilines is 1. The summed E-state index contributed by atoms with van der Waals surface area (Å²) in [5.41, 5.74) is 0.489. The molecule has 34 heavy (non-hydrogen) atoms. The van der Waals surface area contributed by atoms with E-state index < -0.39 is 12.1 Å². The van der Waals surface area contributed by atoms with E-state index in [1.807, 2.05) is 28.5 Å². The standard InChI is InChI=1S/C20H23N3O3S.C2HF3O2/c24-18(11-16-4-2-10-27-16)23-13-17(20(14-23)5-8-26-9-6-20)19(25)22-15-3-1-7-21-12-15;3-2(4,5)1(6)7/h1-4,7,10,12,17H,5-6,8-9,11,13-14H2,(H,22,25);(H,6,7). The van der Waals surface area contributed by atoms with Gasteiger partial charge in [-0.15, -0.1) is 11.3 Å². The predicted molar refractivity (Wildman–Crippen MR) is 117 cm³/mol. The van der Waals surface area contributed by atoms with E-state index in [9.17, 15) is 22.8 Å². The Balaban J connectivity index is 0.000000406. The molecular weight excluding hydrogens is 475 g/mol. The zero-order valence-electron chi connectivity index (χ0n) is 18.1. The van der Waals surface area contributed by atoms with Gasteiger partial charge in [-0.1, -0.05) is 6.07 Å². The van der Waals surface area contributed by atoms with E-state index in [0.717, 1.165) is 17.7 Å². The first-order chi connectivity index (χ1) is 16.1. The molecule has 12 heteroatoms. The summed E-state index contributed by atoms with van der Waals surface area (Å²) in [6, 6.07) is 7.57. The van der Waals surface area contributed by atoms with Gasteiger partial charge >= 0.3 is 12.1 Å². The van der Waals surface area contributed by atoms with Crippen molar-refractivity contribution in [2.75, 3.05) is 31.6 Å². The second kappa shape index (κ2) is 11.0. The van der Waals surface area contributed by atoms with E-state index in [-0.39, 0.29) is 23.1 Å². The van der Waals surface area contributed by atoms with Crippen LogP contribution in [0.15, 0.2) is 42.0 Å². The molecule has 1 atom stereocenters. The molecule has 0 aliphatic carbocycles. The number of rotatable bonds is 4. The number of carbonyl (C=O) groups excluding carboxylic acids is 2. The van der Waals surface area contributed by atoms with Crippen molar-refractivity contribution in [3.05, 3.63) is 46.9 Å². The number of nitrogens with one attached hydrogen (secondary N) is 1. The Hall–Kier alpha value is -2.99. The third kappa shape index (κ3) is 6.54. The minimum absolute atomic E-state index is 0.0312. The van der Waals surface area contributed by atoms with Gasteiger partial charge in [-0.25, -0.2) is 4.79 Å². The summed E-state index contributed by atoms with van der Waals surface area (Å²) in [4.78, 5) is 41.8. The number of hydrogen-bond acceptors (Lipinski definition) is 6. The second-order valence-electron chi connectivity index (χ2n) is 8.09. The minimum atomic E-state index is -5.08. The van der Waals surface area contributed by atoms with Gasteiger partial charge in [0.25, 0.3) is 0 Å². The Morgan fingerprint density at radius 1 is 1.24 bits per heavy atom. The molecule has 0 aromatic carbocycles. The lowest BCUT2D eigenvalue weighted by Crippen LogP contribution is -2.42. The number of aliphatic carboxylic acids is 1. The van der Waals surface area contributed by atoms with Crippen LogP contribution in [0.1, 0.15) is 17.7 Å². The van der Waals surface area contributed by atoms with Gasteiger partial charge in [0.05, 0.1) is 24.2 Å². The number of amides is 2. The fraction of sp³-hybridized carbons (Fsp3) is 0.455. The highest BCUT2D eigenvalue weighted by Gasteiger charge is 2.51. The average molecular weight is 500 g/mol. The van der Waals surface area contributed by atoms with Crippen LogP contribution in [0, 0.1) is 11.3 Å². The van der Waals surface area contributed by atoms with Crippen molar-refractivity contribution in [3.8, 4) is 0 Å². The van der Waals surface area contributed by atoms with E-state index in [1.165, 1.54) is 0 Å². The molecule has 0 bridgehead atoms. The zero-order chi connectivity index (χ0) is 24.8. The molecule has 2 amide bonds. The number of aromatic nitrogens is 1. The van der Waals surface area contributed by atoms with Gasteiger partial charge in [-0.3, -0.25) is 14.6 Å². The molecule has 4 heterocycles. The highest BCUT2D eigenvalue weighted by molar-refractivity contribution is 7.10. The van der Waals surface area contributed by atoms with Gasteiger partial charge in [0, 0.05) is 42.8 Å². The summed E-state index contributed by atoms with van der Waals surface area (Å²) in [6.45, 7) is 2.38. The normalized spacial score (nSPS) is 19.3. The Bertz CT molecular complexity index is 979. The van der Waals surface area contributed by atoms with E-state index in [2.05, 4.69) is 10.3 Å². The topological polar surface area (TPSA) is 109 Å². The summed E-state index contributed by atoms with van der Waals surface area (Å²) in [6.07, 6.45) is 0.252. The fourth-order valence-electron chi connectivity index (χ4n) is 4.14. The molecule has 2 aliphatic heterocycles. The van der Waals surface area contributed by atoms with Gasteiger partial charge in [0.2, 0.25) is 11.8 Å². The van der Waals surface area contributed by atoms with E-state index in [4.69, 9.17) is 14.6 Å². The third-order valence-electron chi connectivity index (χ3n) is 5.88. The number of thiophene rings is 1. The third-order valence-corrected chi connectivity index (χ3v) is 6.76. The van der Waals surface area contributed by atoms with Crippen molar-refractivity contribution in [3.63, 3.8) is 0 Å². The molecule has 4 rings (SSSR count). The summed E-state index contributed by atoms with van der Waals surface area (Å²) in [5, 5.41) is 12.1. The Kier molecular flexibility index (Phi) is 8.26. The van der Waals surface area contributed by atoms with Crippen LogP contribution in [-0.4, -0.2) is 65.3 Å². The van der Waals surface area contributed by atoms with Crippen molar-refractivity contribution < 1.29 is 37.4 Å². The van der Waals surface area contributed by atoms with Gasteiger partial charge < -0.3 is 20.1 Å². The van der Waals surface area contributed by atoms with Gasteiger partial charge in [0.1, 0.15) is 0 Å². The van der Waals surface area contributed by atoms with Crippen LogP contribution in [0.4, 0.5) is 18.9 Å². The maximum absolute atomic E-state index is 13.1. The lowest BCUT2D eigenvalue weighted by molar-refractivity contribution is -0.192. The molecule has 0 radical (unpaired) electrons. The first-order valence-corrected chi connectivity index (χ1v) is 11.4. The molecular formula is C22H24F3N3O5S. The summed E-state index contributed by atoms with van der Waals surface area (Å²) in [7, 11) is 0. The van der Waals surface area contributed by atoms with Crippen LogP contribution in [0.5, 0.6) is 0 Å². The monoisotopic (exact) mass is 499 g/mol. The molecule has 2 aromatic rings. The number of halogens is 3. The van der Waals surface area contributed by atoms with E-state index in [1.54, 1.807) is 29.8 Å². The quantitative estimate of drug-likeness (QED) is 0.669. The Morgan fingerprint density at radius 3 is 2.50 bits per heavy atom. The van der Waals surface area contributed by atoms with Gasteiger partial charge in [0.15, 0.2) is 0 Å². The van der Waals surface area contributed by atoms with E-state index >= 15 is 0 Å². The van der Waals surface area contributed by atoms with Crippen LogP contribution in [-0.2, 0) is 25.5 Å². The van der Waals surface area contributed by atoms with Crippen molar-refractivity contribution in [1.29, 1.82) is 0 Å². The van der Waals surface area contributed by atoms with E-state index in [0.29, 0.717) is 38.4 Å². The molecule has 2 saturated heterocycles. The fourth-order valence-corrected chi connectivity index (χ4v) is 4.84. The van der Waals surface area contributed by atoms with Crippen molar-refractivity contribution in [1.82, 2.24) is 9.88 Å². The number of carboxylic acid groups (broad SMARTS) is 1. The molecule has 2 fully saturated rings. The number of carboxylic acids is 1. The summed E-state index contributed by atoms with van der Waals surface area (Å²) in [5.74, 6) is -2.92. The summed E-state index contributed by atoms with van der Waals surface area (Å²) < 4.78 is 37.3. The predicted octanol–water partition coefficient (Wildman–Crippen LogP) is 3.21. The first kappa shape index (κ1) is 25.6. The molecule has 1 unspecified atom stereocenters. The van der Waals surface area contributed by atoms with Crippen LogP contribution in [0.3, 0.4) is 0 Å². The maximum atomic E-state index is 13.1. The van der Waals surface area contributed by atoms with Gasteiger partial charge in [-0.05, 0) is 36.4 Å². The van der Waals surface area contributed by atoms with Crippen molar-refractivity contribution in [2.24, 2.45) is 11.3 Å². The van der Waals surface area contributed by atoms with Gasteiger partial charge in [-0.2, -0.15) is 13.2 Å². The van der Waals surface area contributed by atoms with Crippen LogP contribution in [0.2, 0.25) is 0 Å². The lowest BCUT2D eigenvalue weighted by Gasteiger charge is -2.37. The molecule has 2 aliphatic rings. The largest absolute Gasteiger partial charge is 0.490 e. The molecule has 8 nitrogen and oxygen atoms in total. The number of ether oxygens (including phenoxy) is 1. The number of alkyl halides is 3. The molecule has 2 aromatic heterocycles. The molecule has 0 saturated carbocycles. The zero-order valence-corrected chi connectivity index (χ0v) is 18.9. The lowest BCUT2D eigenvalue weighted by atomic mass is 9.71.